The molecule has 0 aliphatic carbocycles. The summed E-state index contributed by atoms with van der Waals surface area (Å²) in [5, 5.41) is 17.6. The molecular weight excluding hydrogens is 811 g/mol. The van der Waals surface area contributed by atoms with E-state index >= 15 is 0 Å². The first-order chi connectivity index (χ1) is 25.9. The summed E-state index contributed by atoms with van der Waals surface area (Å²) >= 11 is 6.98. The number of nitrogens with one attached hydrogen (secondary N) is 1. The number of aromatic nitrogens is 1. The van der Waals surface area contributed by atoms with Gasteiger partial charge in [0, 0.05) is 42.4 Å². The van der Waals surface area contributed by atoms with Crippen molar-refractivity contribution in [3.8, 4) is 22.6 Å². The topological polar surface area (TPSA) is 77.4 Å². The van der Waals surface area contributed by atoms with Crippen LogP contribution in [0.25, 0.3) is 32.9 Å². The lowest BCUT2D eigenvalue weighted by atomic mass is 10.0. The number of nitro groups is 1. The van der Waals surface area contributed by atoms with E-state index in [1.54, 1.807) is 19.2 Å². The third kappa shape index (κ3) is 9.03. The predicted molar refractivity (Wildman–Crippen MR) is 228 cm³/mol. The normalized spacial score (nSPS) is 10.6. The number of ether oxygens (including phenoxy) is 2. The Hall–Kier alpha value is -5.27. The quantitative estimate of drug-likeness (QED) is 0.0985. The number of nitrogens with zero attached hydrogens (tertiary/aromatic N) is 1. The fraction of sp³-hybridized carbons (Fsp3) is 0.0455. The SMILES string of the molecule is COc1ccc([N+](=O)[O-])c(-c2ccccc2Br)c1.COc1ccc2[nH]c3cccc(Br)c3c2c1.c1ccc(P(c2ccccc2)c2ccccc2)cc1. The molecule has 0 saturated carbocycles. The number of rotatable bonds is 7. The predicted octanol–water partition coefficient (Wildman–Crippen LogP) is 11.6. The minimum Gasteiger partial charge on any atom is -0.497 e. The Labute approximate surface area is 326 Å². The second kappa shape index (κ2) is 18.0. The van der Waals surface area contributed by atoms with Gasteiger partial charge in [0.25, 0.3) is 5.69 Å². The number of hydrogen-bond donors (Lipinski definition) is 1. The molecule has 53 heavy (non-hydrogen) atoms. The molecule has 0 saturated heterocycles. The van der Waals surface area contributed by atoms with E-state index in [-0.39, 0.29) is 5.69 Å². The summed E-state index contributed by atoms with van der Waals surface area (Å²) in [7, 11) is 2.77. The smallest absolute Gasteiger partial charge is 0.277 e. The maximum atomic E-state index is 11.1. The standard InChI is InChI=1S/C18H15P.C13H10BrNO3.C13H10BrNO/c1-4-10-16(11-5-1)19(17-12-6-2-7-13-17)18-14-8-3-9-15-18;1-18-9-6-7-13(15(16)17)11(8-9)10-4-2-3-5-12(10)14;1-16-8-5-6-11-9(7-8)13-10(14)3-2-4-12(13)15-11/h1-15H;2-8H,1H3;2-7,15H,1H3. The largest absolute Gasteiger partial charge is 0.497 e. The Bertz CT molecular complexity index is 2350. The number of methoxy groups -OCH3 is 2. The number of benzene rings is 7. The number of fused-ring (bicyclic) bond motifs is 3. The summed E-state index contributed by atoms with van der Waals surface area (Å²) in [5.74, 6) is 1.47. The van der Waals surface area contributed by atoms with Crippen LogP contribution in [0.1, 0.15) is 0 Å². The average molecular weight is 847 g/mol. The van der Waals surface area contributed by atoms with E-state index in [1.165, 1.54) is 39.9 Å². The second-order valence-electron chi connectivity index (χ2n) is 11.7. The third-order valence-electron chi connectivity index (χ3n) is 8.39. The first-order valence-electron chi connectivity index (χ1n) is 16.6. The molecule has 1 heterocycles. The van der Waals surface area contributed by atoms with Gasteiger partial charge < -0.3 is 14.5 Å². The summed E-state index contributed by atoms with van der Waals surface area (Å²) < 4.78 is 12.3. The van der Waals surface area contributed by atoms with Crippen LogP contribution < -0.4 is 25.4 Å². The molecular formula is C44H35Br2N2O4P. The molecule has 9 heteroatoms. The number of hydrogen-bond acceptors (Lipinski definition) is 4. The zero-order valence-electron chi connectivity index (χ0n) is 28.9. The van der Waals surface area contributed by atoms with Gasteiger partial charge in [0.15, 0.2) is 0 Å². The molecule has 0 radical (unpaired) electrons. The maximum Gasteiger partial charge on any atom is 0.277 e. The summed E-state index contributed by atoms with van der Waals surface area (Å²) in [5.41, 5.74) is 3.62. The molecule has 7 aromatic carbocycles. The van der Waals surface area contributed by atoms with Crippen LogP contribution in [0.3, 0.4) is 0 Å². The van der Waals surface area contributed by atoms with Gasteiger partial charge in [-0.3, -0.25) is 10.1 Å². The Kier molecular flexibility index (Phi) is 12.7. The van der Waals surface area contributed by atoms with E-state index in [1.807, 2.05) is 42.5 Å². The van der Waals surface area contributed by atoms with Crippen molar-refractivity contribution in [2.75, 3.05) is 14.2 Å². The van der Waals surface area contributed by atoms with Crippen molar-refractivity contribution in [1.82, 2.24) is 4.98 Å². The zero-order chi connectivity index (χ0) is 37.2. The molecule has 8 aromatic rings. The minimum atomic E-state index is -0.446. The summed E-state index contributed by atoms with van der Waals surface area (Å²) in [6.07, 6.45) is 0. The van der Waals surface area contributed by atoms with Crippen LogP contribution in [0.15, 0.2) is 179 Å². The summed E-state index contributed by atoms with van der Waals surface area (Å²) in [4.78, 5) is 14.0. The van der Waals surface area contributed by atoms with Gasteiger partial charge in [-0.05, 0) is 72.4 Å². The number of nitro benzene ring substituents is 1. The molecule has 6 nitrogen and oxygen atoms in total. The number of aromatic amines is 1. The minimum absolute atomic E-state index is 0.0581. The maximum absolute atomic E-state index is 11.1. The van der Waals surface area contributed by atoms with Crippen LogP contribution in [0, 0.1) is 10.1 Å². The van der Waals surface area contributed by atoms with Gasteiger partial charge in [0.05, 0.1) is 24.7 Å². The summed E-state index contributed by atoms with van der Waals surface area (Å²) in [6.45, 7) is 0. The van der Waals surface area contributed by atoms with Gasteiger partial charge in [-0.25, -0.2) is 0 Å². The van der Waals surface area contributed by atoms with E-state index in [0.29, 0.717) is 11.3 Å². The molecule has 1 N–H and O–H groups in total. The molecule has 264 valence electrons. The number of halogens is 2. The van der Waals surface area contributed by atoms with Gasteiger partial charge in [-0.15, -0.1) is 0 Å². The molecule has 0 spiro atoms. The molecule has 0 unspecified atom stereocenters. The van der Waals surface area contributed by atoms with E-state index in [9.17, 15) is 10.1 Å². The fourth-order valence-electron chi connectivity index (χ4n) is 5.89. The van der Waals surface area contributed by atoms with Crippen molar-refractivity contribution in [2.24, 2.45) is 0 Å². The Morgan fingerprint density at radius 2 is 1.06 bits per heavy atom. The molecule has 0 amide bonds. The lowest BCUT2D eigenvalue weighted by Gasteiger charge is -2.18. The van der Waals surface area contributed by atoms with Gasteiger partial charge in [-0.1, -0.05) is 147 Å². The first kappa shape index (κ1) is 37.5. The molecule has 0 aliphatic heterocycles. The van der Waals surface area contributed by atoms with Crippen molar-refractivity contribution >= 4 is 83.2 Å². The van der Waals surface area contributed by atoms with Gasteiger partial charge in [0.2, 0.25) is 0 Å². The zero-order valence-corrected chi connectivity index (χ0v) is 33.0. The third-order valence-corrected chi connectivity index (χ3v) is 12.2. The highest BCUT2D eigenvalue weighted by molar-refractivity contribution is 9.11. The monoisotopic (exact) mass is 844 g/mol. The van der Waals surface area contributed by atoms with E-state index in [2.05, 4.69) is 146 Å². The van der Waals surface area contributed by atoms with Gasteiger partial charge >= 0.3 is 0 Å². The summed E-state index contributed by atoms with van der Waals surface area (Å²) in [6, 6.07) is 56.6. The lowest BCUT2D eigenvalue weighted by Crippen LogP contribution is -2.20. The molecule has 0 aliphatic rings. The highest BCUT2D eigenvalue weighted by atomic mass is 79.9. The fourth-order valence-corrected chi connectivity index (χ4v) is 9.27. The second-order valence-corrected chi connectivity index (χ2v) is 15.6. The van der Waals surface area contributed by atoms with Crippen LogP contribution >= 0.6 is 39.8 Å². The lowest BCUT2D eigenvalue weighted by molar-refractivity contribution is -0.384. The van der Waals surface area contributed by atoms with Crippen LogP contribution in [0.4, 0.5) is 5.69 Å². The van der Waals surface area contributed by atoms with Crippen LogP contribution in [0.5, 0.6) is 11.5 Å². The number of H-pyrrole nitrogens is 1. The average Bonchev–Trinajstić information content (AvgIpc) is 3.59. The molecule has 8 rings (SSSR count). The van der Waals surface area contributed by atoms with Crippen molar-refractivity contribution < 1.29 is 14.4 Å². The molecule has 0 atom stereocenters. The van der Waals surface area contributed by atoms with Crippen molar-refractivity contribution in [1.29, 1.82) is 0 Å². The van der Waals surface area contributed by atoms with E-state index < -0.39 is 12.8 Å². The van der Waals surface area contributed by atoms with Crippen LogP contribution in [-0.4, -0.2) is 24.1 Å². The van der Waals surface area contributed by atoms with Crippen molar-refractivity contribution in [3.63, 3.8) is 0 Å². The highest BCUT2D eigenvalue weighted by Gasteiger charge is 2.18. The van der Waals surface area contributed by atoms with Crippen LogP contribution in [-0.2, 0) is 0 Å². The molecule has 1 aromatic heterocycles. The van der Waals surface area contributed by atoms with Crippen molar-refractivity contribution in [2.45, 2.75) is 0 Å². The van der Waals surface area contributed by atoms with Crippen LogP contribution in [0.2, 0.25) is 0 Å². The Morgan fingerprint density at radius 1 is 0.547 bits per heavy atom. The van der Waals surface area contributed by atoms with Crippen molar-refractivity contribution in [3.05, 3.63) is 189 Å². The van der Waals surface area contributed by atoms with E-state index in [4.69, 9.17) is 9.47 Å². The highest BCUT2D eigenvalue weighted by Crippen LogP contribution is 2.37. The molecule has 0 fully saturated rings. The van der Waals surface area contributed by atoms with E-state index in [0.717, 1.165) is 31.3 Å². The first-order valence-corrected chi connectivity index (χ1v) is 19.6. The Morgan fingerprint density at radius 3 is 1.60 bits per heavy atom. The Balaban J connectivity index is 0.000000136. The van der Waals surface area contributed by atoms with Gasteiger partial charge in [-0.2, -0.15) is 0 Å². The van der Waals surface area contributed by atoms with Gasteiger partial charge in [0.1, 0.15) is 11.5 Å². The molecule has 0 bridgehead atoms.